The van der Waals surface area contributed by atoms with E-state index in [1.54, 1.807) is 0 Å². The number of nitrogens with two attached hydrogens (primary N) is 1. The Bertz CT molecular complexity index is 488. The molecule has 1 amide bonds. The van der Waals surface area contributed by atoms with Gasteiger partial charge in [0.25, 0.3) is 0 Å². The average Bonchev–Trinajstić information content (AvgIpc) is 2.87. The Labute approximate surface area is 134 Å². The molecule has 2 rings (SSSR count). The van der Waals surface area contributed by atoms with Gasteiger partial charge in [0.1, 0.15) is 0 Å². The lowest BCUT2D eigenvalue weighted by Crippen LogP contribution is -2.43. The molecule has 1 aromatic carbocycles. The highest BCUT2D eigenvalue weighted by Crippen LogP contribution is 2.28. The third-order valence-electron chi connectivity index (χ3n) is 4.63. The van der Waals surface area contributed by atoms with Gasteiger partial charge in [-0.3, -0.25) is 9.69 Å². The molecule has 1 aliphatic rings. The lowest BCUT2D eigenvalue weighted by Gasteiger charge is -2.29. The van der Waals surface area contributed by atoms with Gasteiger partial charge >= 0.3 is 0 Å². The topological polar surface area (TPSA) is 49.6 Å². The minimum atomic E-state index is 0.169. The van der Waals surface area contributed by atoms with Crippen molar-refractivity contribution >= 4 is 5.91 Å². The fourth-order valence-electron chi connectivity index (χ4n) is 3.05. The summed E-state index contributed by atoms with van der Waals surface area (Å²) in [5, 5.41) is 0. The van der Waals surface area contributed by atoms with Gasteiger partial charge in [-0.15, -0.1) is 0 Å². The van der Waals surface area contributed by atoms with Crippen molar-refractivity contribution in [3.8, 4) is 0 Å². The van der Waals surface area contributed by atoms with Gasteiger partial charge in [-0.2, -0.15) is 0 Å². The molecule has 0 aromatic heterocycles. The standard InChI is InChI=1S/C18H29N3O/c1-15(2)21(11-16-7-5-4-6-8-16)17(22)12-20-10-9-18(3,13-19)14-20/h4-8,15H,9-14,19H2,1-3H3. The van der Waals surface area contributed by atoms with Crippen LogP contribution in [0.3, 0.4) is 0 Å². The normalized spacial score (nSPS) is 22.2. The summed E-state index contributed by atoms with van der Waals surface area (Å²) in [5.41, 5.74) is 7.20. The maximum Gasteiger partial charge on any atom is 0.237 e. The second kappa shape index (κ2) is 7.25. The fourth-order valence-corrected chi connectivity index (χ4v) is 3.05. The highest BCUT2D eigenvalue weighted by molar-refractivity contribution is 5.78. The maximum absolute atomic E-state index is 12.7. The smallest absolute Gasteiger partial charge is 0.237 e. The average molecular weight is 303 g/mol. The summed E-state index contributed by atoms with van der Waals surface area (Å²) in [7, 11) is 0. The highest BCUT2D eigenvalue weighted by atomic mass is 16.2. The minimum Gasteiger partial charge on any atom is -0.335 e. The van der Waals surface area contributed by atoms with Gasteiger partial charge < -0.3 is 10.6 Å². The predicted octanol–water partition coefficient (Wildman–Crippen LogP) is 2.09. The molecule has 0 radical (unpaired) electrons. The summed E-state index contributed by atoms with van der Waals surface area (Å²) in [6.45, 7) is 10.1. The van der Waals surface area contributed by atoms with E-state index in [9.17, 15) is 4.79 Å². The lowest BCUT2D eigenvalue weighted by molar-refractivity contribution is -0.134. The number of rotatable bonds is 6. The van der Waals surface area contributed by atoms with Crippen LogP contribution in [-0.2, 0) is 11.3 Å². The van der Waals surface area contributed by atoms with Gasteiger partial charge in [0.2, 0.25) is 5.91 Å². The molecule has 122 valence electrons. The number of nitrogens with zero attached hydrogens (tertiary/aromatic N) is 2. The Hall–Kier alpha value is -1.39. The molecule has 2 N–H and O–H groups in total. The molecule has 0 bridgehead atoms. The van der Waals surface area contributed by atoms with Gasteiger partial charge in [0.15, 0.2) is 0 Å². The van der Waals surface area contributed by atoms with Crippen molar-refractivity contribution in [2.75, 3.05) is 26.2 Å². The Kier molecular flexibility index (Phi) is 5.59. The van der Waals surface area contributed by atoms with Crippen molar-refractivity contribution in [3.05, 3.63) is 35.9 Å². The molecule has 0 spiro atoms. The van der Waals surface area contributed by atoms with Crippen molar-refractivity contribution in [2.24, 2.45) is 11.1 Å². The van der Waals surface area contributed by atoms with Crippen molar-refractivity contribution in [2.45, 2.75) is 39.8 Å². The van der Waals surface area contributed by atoms with Crippen LogP contribution in [0.5, 0.6) is 0 Å². The summed E-state index contributed by atoms with van der Waals surface area (Å²) in [5.74, 6) is 0.208. The zero-order valence-corrected chi connectivity index (χ0v) is 14.1. The monoisotopic (exact) mass is 303 g/mol. The van der Waals surface area contributed by atoms with Crippen LogP contribution >= 0.6 is 0 Å². The van der Waals surface area contributed by atoms with Crippen molar-refractivity contribution < 1.29 is 4.79 Å². The number of carbonyl (C=O) groups excluding carboxylic acids is 1. The van der Waals surface area contributed by atoms with Crippen LogP contribution in [0.15, 0.2) is 30.3 Å². The van der Waals surface area contributed by atoms with E-state index in [0.717, 1.165) is 19.5 Å². The number of benzene rings is 1. The molecule has 1 unspecified atom stereocenters. The van der Waals surface area contributed by atoms with E-state index in [-0.39, 0.29) is 17.4 Å². The molecule has 22 heavy (non-hydrogen) atoms. The summed E-state index contributed by atoms with van der Waals surface area (Å²) in [6.07, 6.45) is 1.08. The Balaban J connectivity index is 1.96. The summed E-state index contributed by atoms with van der Waals surface area (Å²) < 4.78 is 0. The van der Waals surface area contributed by atoms with Crippen LogP contribution in [0.2, 0.25) is 0 Å². The van der Waals surface area contributed by atoms with E-state index in [1.807, 2.05) is 23.1 Å². The maximum atomic E-state index is 12.7. The summed E-state index contributed by atoms with van der Waals surface area (Å²) in [6, 6.07) is 10.4. The highest BCUT2D eigenvalue weighted by Gasteiger charge is 2.34. The number of likely N-dealkylation sites (tertiary alicyclic amines) is 1. The largest absolute Gasteiger partial charge is 0.335 e. The number of hydrogen-bond acceptors (Lipinski definition) is 3. The third kappa shape index (κ3) is 4.31. The molecule has 1 fully saturated rings. The van der Waals surface area contributed by atoms with Crippen LogP contribution in [0.1, 0.15) is 32.8 Å². The lowest BCUT2D eigenvalue weighted by atomic mass is 9.90. The SMILES string of the molecule is CC(C)N(Cc1ccccc1)C(=O)CN1CCC(C)(CN)C1. The van der Waals surface area contributed by atoms with Crippen LogP contribution in [-0.4, -0.2) is 47.9 Å². The zero-order chi connectivity index (χ0) is 16.2. The predicted molar refractivity (Wildman–Crippen MR) is 90.3 cm³/mol. The van der Waals surface area contributed by atoms with Crippen LogP contribution < -0.4 is 5.73 Å². The quantitative estimate of drug-likeness (QED) is 0.875. The van der Waals surface area contributed by atoms with E-state index in [4.69, 9.17) is 5.73 Å². The summed E-state index contributed by atoms with van der Waals surface area (Å²) in [4.78, 5) is 16.9. The minimum absolute atomic E-state index is 0.169. The molecule has 1 atom stereocenters. The Morgan fingerprint density at radius 1 is 1.36 bits per heavy atom. The third-order valence-corrected chi connectivity index (χ3v) is 4.63. The molecule has 0 saturated carbocycles. The van der Waals surface area contributed by atoms with Crippen molar-refractivity contribution in [1.82, 2.24) is 9.80 Å². The van der Waals surface area contributed by atoms with Crippen molar-refractivity contribution in [1.29, 1.82) is 0 Å². The van der Waals surface area contributed by atoms with E-state index in [2.05, 4.69) is 37.8 Å². The van der Waals surface area contributed by atoms with E-state index in [1.165, 1.54) is 5.56 Å². The van der Waals surface area contributed by atoms with Crippen LogP contribution in [0.25, 0.3) is 0 Å². The number of carbonyl (C=O) groups is 1. The van der Waals surface area contributed by atoms with Crippen molar-refractivity contribution in [3.63, 3.8) is 0 Å². The van der Waals surface area contributed by atoms with Gasteiger partial charge in [0.05, 0.1) is 6.54 Å². The van der Waals surface area contributed by atoms with Crippen LogP contribution in [0, 0.1) is 5.41 Å². The number of hydrogen-bond donors (Lipinski definition) is 1. The molecule has 4 nitrogen and oxygen atoms in total. The van der Waals surface area contributed by atoms with Gasteiger partial charge in [-0.25, -0.2) is 0 Å². The van der Waals surface area contributed by atoms with Crippen LogP contribution in [0.4, 0.5) is 0 Å². The Morgan fingerprint density at radius 2 is 2.05 bits per heavy atom. The first kappa shape index (κ1) is 17.0. The zero-order valence-electron chi connectivity index (χ0n) is 14.1. The molecule has 1 aromatic rings. The van der Waals surface area contributed by atoms with Gasteiger partial charge in [0, 0.05) is 19.1 Å². The molecular weight excluding hydrogens is 274 g/mol. The van der Waals surface area contributed by atoms with Gasteiger partial charge in [-0.1, -0.05) is 37.3 Å². The second-order valence-corrected chi connectivity index (χ2v) is 7.08. The first-order valence-corrected chi connectivity index (χ1v) is 8.19. The first-order valence-electron chi connectivity index (χ1n) is 8.19. The van der Waals surface area contributed by atoms with E-state index < -0.39 is 0 Å². The molecule has 0 aliphatic carbocycles. The number of amides is 1. The van der Waals surface area contributed by atoms with E-state index >= 15 is 0 Å². The van der Waals surface area contributed by atoms with Gasteiger partial charge in [-0.05, 0) is 44.3 Å². The molecule has 4 heteroatoms. The fraction of sp³-hybridized carbons (Fsp3) is 0.611. The molecule has 1 heterocycles. The molecular formula is C18H29N3O. The first-order chi connectivity index (χ1) is 10.4. The molecule has 1 saturated heterocycles. The molecule has 1 aliphatic heterocycles. The Morgan fingerprint density at radius 3 is 2.59 bits per heavy atom. The second-order valence-electron chi connectivity index (χ2n) is 7.08. The summed E-state index contributed by atoms with van der Waals surface area (Å²) >= 11 is 0. The van der Waals surface area contributed by atoms with E-state index in [0.29, 0.717) is 19.6 Å².